The molecule has 0 amide bonds. The highest BCUT2D eigenvalue weighted by molar-refractivity contribution is 6.71. The van der Waals surface area contributed by atoms with Crippen LogP contribution in [0.25, 0.3) is 0 Å². The Kier molecular flexibility index (Phi) is 2.91. The largest absolute Gasteiger partial charge is 0.412 e. The van der Waals surface area contributed by atoms with Gasteiger partial charge in [0.25, 0.3) is 0 Å². The highest BCUT2D eigenvalue weighted by Gasteiger charge is 2.24. The summed E-state index contributed by atoms with van der Waals surface area (Å²) in [6.07, 6.45) is 3.81. The summed E-state index contributed by atoms with van der Waals surface area (Å²) in [5.74, 6) is 5.83. The van der Waals surface area contributed by atoms with E-state index in [1.165, 1.54) is 0 Å². The third kappa shape index (κ3) is 2.69. The molecule has 0 fully saturated rings. The van der Waals surface area contributed by atoms with Crippen molar-refractivity contribution >= 4 is 8.32 Å². The van der Waals surface area contributed by atoms with Gasteiger partial charge in [-0.3, -0.25) is 0 Å². The highest BCUT2D eigenvalue weighted by Crippen LogP contribution is 2.19. The summed E-state index contributed by atoms with van der Waals surface area (Å²) in [4.78, 5) is 0. The van der Waals surface area contributed by atoms with Gasteiger partial charge in [-0.25, -0.2) is 0 Å². The van der Waals surface area contributed by atoms with Gasteiger partial charge in [-0.1, -0.05) is 24.5 Å². The first kappa shape index (κ1) is 9.31. The molecule has 0 aromatic carbocycles. The maximum atomic E-state index is 5.71. The van der Waals surface area contributed by atoms with Gasteiger partial charge in [0.15, 0.2) is 8.32 Å². The Morgan fingerprint density at radius 1 is 1.67 bits per heavy atom. The first-order valence-corrected chi connectivity index (χ1v) is 7.21. The van der Waals surface area contributed by atoms with Crippen LogP contribution in [0.1, 0.15) is 0 Å². The van der Waals surface area contributed by atoms with E-state index in [2.05, 4.69) is 37.6 Å². The summed E-state index contributed by atoms with van der Waals surface area (Å²) >= 11 is 0. The van der Waals surface area contributed by atoms with E-state index >= 15 is 0 Å². The average Bonchev–Trinajstić information content (AvgIpc) is 2.03. The molecule has 1 aliphatic heterocycles. The van der Waals surface area contributed by atoms with Crippen molar-refractivity contribution < 1.29 is 4.43 Å². The van der Waals surface area contributed by atoms with Crippen molar-refractivity contribution in [3.8, 4) is 11.8 Å². The van der Waals surface area contributed by atoms with Crippen molar-refractivity contribution in [3.05, 3.63) is 24.3 Å². The fourth-order valence-electron chi connectivity index (χ4n) is 0.991. The van der Waals surface area contributed by atoms with E-state index < -0.39 is 8.32 Å². The summed E-state index contributed by atoms with van der Waals surface area (Å²) in [6.45, 7) is 8.68. The summed E-state index contributed by atoms with van der Waals surface area (Å²) in [6, 6.07) is 1.08. The Balaban J connectivity index is 2.62. The average molecular weight is 178 g/mol. The van der Waals surface area contributed by atoms with Gasteiger partial charge in [0.1, 0.15) is 0 Å². The minimum Gasteiger partial charge on any atom is -0.412 e. The second-order valence-electron chi connectivity index (χ2n) is 3.46. The Labute approximate surface area is 75.3 Å². The lowest BCUT2D eigenvalue weighted by Gasteiger charge is -2.25. The van der Waals surface area contributed by atoms with Crippen LogP contribution in [0, 0.1) is 11.8 Å². The summed E-state index contributed by atoms with van der Waals surface area (Å²) in [7, 11) is -1.34. The molecule has 0 radical (unpaired) electrons. The van der Waals surface area contributed by atoms with Gasteiger partial charge in [-0.2, -0.15) is 0 Å². The summed E-state index contributed by atoms with van der Waals surface area (Å²) in [5.41, 5.74) is 1.10. The van der Waals surface area contributed by atoms with Gasteiger partial charge in [0, 0.05) is 5.57 Å². The van der Waals surface area contributed by atoms with Crippen molar-refractivity contribution in [2.75, 3.05) is 6.61 Å². The van der Waals surface area contributed by atoms with Gasteiger partial charge in [0.05, 0.1) is 6.61 Å². The molecular weight excluding hydrogens is 164 g/mol. The van der Waals surface area contributed by atoms with Crippen molar-refractivity contribution in [3.63, 3.8) is 0 Å². The van der Waals surface area contributed by atoms with Gasteiger partial charge in [-0.05, 0) is 25.2 Å². The molecule has 64 valence electrons. The molecule has 1 aliphatic rings. The first-order valence-electron chi connectivity index (χ1n) is 4.09. The van der Waals surface area contributed by atoms with E-state index in [0.717, 1.165) is 11.6 Å². The van der Waals surface area contributed by atoms with Gasteiger partial charge in [0.2, 0.25) is 0 Å². The molecule has 1 rings (SSSR count). The van der Waals surface area contributed by atoms with E-state index in [0.29, 0.717) is 6.61 Å². The van der Waals surface area contributed by atoms with Crippen LogP contribution in [0.5, 0.6) is 0 Å². The van der Waals surface area contributed by atoms with E-state index in [-0.39, 0.29) is 0 Å². The highest BCUT2D eigenvalue weighted by atomic mass is 28.4. The normalized spacial score (nSPS) is 20.3. The molecular formula is C10H14OSi. The van der Waals surface area contributed by atoms with Gasteiger partial charge >= 0.3 is 0 Å². The van der Waals surface area contributed by atoms with Gasteiger partial charge < -0.3 is 4.43 Å². The fourth-order valence-corrected chi connectivity index (χ4v) is 2.39. The van der Waals surface area contributed by atoms with Crippen LogP contribution in [0.15, 0.2) is 24.3 Å². The molecule has 1 heterocycles. The van der Waals surface area contributed by atoms with Crippen LogP contribution < -0.4 is 0 Å². The molecule has 12 heavy (non-hydrogen) atoms. The zero-order chi connectivity index (χ0) is 9.03. The smallest absolute Gasteiger partial charge is 0.191 e. The van der Waals surface area contributed by atoms with Crippen LogP contribution in [0.2, 0.25) is 19.1 Å². The van der Waals surface area contributed by atoms with Crippen molar-refractivity contribution in [2.24, 2.45) is 0 Å². The Morgan fingerprint density at radius 3 is 2.92 bits per heavy atom. The van der Waals surface area contributed by atoms with Crippen molar-refractivity contribution in [1.29, 1.82) is 0 Å². The lowest BCUT2D eigenvalue weighted by atomic mass is 10.3. The second kappa shape index (κ2) is 3.75. The predicted octanol–water partition coefficient (Wildman–Crippen LogP) is 2.34. The number of allylic oxidation sites excluding steroid dienone is 2. The standard InChI is InChI=1S/C10H14OSi/c1-4-5-6-10-7-8-12(2,3)11-9-10/h4,7H,1,8-9H2,2-3H3. The van der Waals surface area contributed by atoms with Crippen LogP contribution in [-0.2, 0) is 4.43 Å². The molecule has 0 aromatic rings. The number of hydrogen-bond donors (Lipinski definition) is 0. The zero-order valence-corrected chi connectivity index (χ0v) is 8.68. The van der Waals surface area contributed by atoms with Crippen LogP contribution >= 0.6 is 0 Å². The zero-order valence-electron chi connectivity index (χ0n) is 7.68. The third-order valence-electron chi connectivity index (χ3n) is 1.79. The van der Waals surface area contributed by atoms with E-state index in [9.17, 15) is 0 Å². The number of rotatable bonds is 0. The third-order valence-corrected chi connectivity index (χ3v) is 3.91. The summed E-state index contributed by atoms with van der Waals surface area (Å²) in [5, 5.41) is 0. The van der Waals surface area contributed by atoms with E-state index in [4.69, 9.17) is 4.43 Å². The molecule has 0 spiro atoms. The molecule has 2 heteroatoms. The number of hydrogen-bond acceptors (Lipinski definition) is 1. The monoisotopic (exact) mass is 178 g/mol. The lowest BCUT2D eigenvalue weighted by molar-refractivity contribution is 0.341. The summed E-state index contributed by atoms with van der Waals surface area (Å²) < 4.78 is 5.71. The van der Waals surface area contributed by atoms with Crippen LogP contribution in [0.3, 0.4) is 0 Å². The molecule has 0 aliphatic carbocycles. The molecule has 0 aromatic heterocycles. The maximum Gasteiger partial charge on any atom is 0.191 e. The quantitative estimate of drug-likeness (QED) is 0.408. The first-order chi connectivity index (χ1) is 5.64. The second-order valence-corrected chi connectivity index (χ2v) is 7.67. The van der Waals surface area contributed by atoms with Crippen LogP contribution in [-0.4, -0.2) is 14.9 Å². The van der Waals surface area contributed by atoms with Crippen molar-refractivity contribution in [1.82, 2.24) is 0 Å². The Hall–Kier alpha value is -0.783. The molecule has 0 bridgehead atoms. The lowest BCUT2D eigenvalue weighted by Crippen LogP contribution is -2.33. The maximum absolute atomic E-state index is 5.71. The van der Waals surface area contributed by atoms with Crippen LogP contribution in [0.4, 0.5) is 0 Å². The SMILES string of the molecule is C=CC#CC1=CC[Si](C)(C)OC1. The molecule has 0 saturated carbocycles. The van der Waals surface area contributed by atoms with E-state index in [1.807, 2.05) is 0 Å². The van der Waals surface area contributed by atoms with Crippen molar-refractivity contribution in [2.45, 2.75) is 19.1 Å². The predicted molar refractivity (Wildman–Crippen MR) is 54.3 cm³/mol. The fraction of sp³-hybridized carbons (Fsp3) is 0.400. The molecule has 0 atom stereocenters. The Morgan fingerprint density at radius 2 is 2.42 bits per heavy atom. The Bertz CT molecular complexity index is 265. The minimum atomic E-state index is -1.34. The molecule has 1 nitrogen and oxygen atoms in total. The minimum absolute atomic E-state index is 0.695. The molecule has 0 N–H and O–H groups in total. The van der Waals surface area contributed by atoms with E-state index in [1.54, 1.807) is 6.08 Å². The van der Waals surface area contributed by atoms with Gasteiger partial charge in [-0.15, -0.1) is 0 Å². The topological polar surface area (TPSA) is 9.23 Å². The molecule has 0 saturated heterocycles. The molecule has 0 unspecified atom stereocenters.